The molecule has 12 rings (SSSR count). The van der Waals surface area contributed by atoms with E-state index in [1.807, 2.05) is 71.1 Å². The number of unbranched alkanes of at least 4 members (excludes halogenated alkanes) is 2. The van der Waals surface area contributed by atoms with Crippen molar-refractivity contribution < 1.29 is 52.9 Å². The van der Waals surface area contributed by atoms with Gasteiger partial charge in [-0.1, -0.05) is 54.2 Å². The number of carbonyl (C=O) groups excluding carboxylic acids is 7. The molecule has 0 radical (unpaired) electrons. The third-order valence-corrected chi connectivity index (χ3v) is 18.8. The number of thiazole rings is 1. The van der Waals surface area contributed by atoms with Crippen LogP contribution in [0.25, 0.3) is 21.3 Å². The van der Waals surface area contributed by atoms with Crippen LogP contribution in [0.3, 0.4) is 0 Å². The molecule has 3 aromatic heterocycles. The van der Waals surface area contributed by atoms with E-state index in [-0.39, 0.29) is 59.9 Å². The maximum Gasteiger partial charge on any atom is 0.409 e. The van der Waals surface area contributed by atoms with Crippen LogP contribution in [0.2, 0.25) is 0 Å². The average molecular weight is 1220 g/mol. The van der Waals surface area contributed by atoms with Gasteiger partial charge in [0.1, 0.15) is 24.5 Å². The lowest BCUT2D eigenvalue weighted by Gasteiger charge is -2.61. The number of anilines is 3. The number of nitrogens with zero attached hydrogens (tertiary/aromatic N) is 7. The Bertz CT molecular complexity index is 3660. The van der Waals surface area contributed by atoms with Gasteiger partial charge in [0.05, 0.1) is 28.6 Å². The number of nitrogens with one attached hydrogen (secondary N) is 4. The Labute approximate surface area is 513 Å². The Morgan fingerprint density at radius 3 is 2.33 bits per heavy atom. The molecule has 88 heavy (non-hydrogen) atoms. The molecule has 2 aliphatic heterocycles. The second kappa shape index (κ2) is 25.9. The van der Waals surface area contributed by atoms with Crippen molar-refractivity contribution in [3.8, 4) is 11.1 Å². The molecule has 6 aromatic rings. The number of amides is 7. The molecule has 4 saturated carbocycles. The first kappa shape index (κ1) is 60.8. The molecule has 460 valence electrons. The largest absolute Gasteiger partial charge is 0.476 e. The minimum Gasteiger partial charge on any atom is -0.476 e. The van der Waals surface area contributed by atoms with Crippen LogP contribution in [0.5, 0.6) is 0 Å². The van der Waals surface area contributed by atoms with Gasteiger partial charge in [-0.3, -0.25) is 43.7 Å². The number of hydrogen-bond donors (Lipinski definition) is 5. The molecule has 5 N–H and O–H groups in total. The quantitative estimate of drug-likeness (QED) is 0.0281. The summed E-state index contributed by atoms with van der Waals surface area (Å²) in [5, 5.41) is 27.1. The number of carboxylic acid groups (broad SMARTS) is 1. The summed E-state index contributed by atoms with van der Waals surface area (Å²) < 4.78 is 15.5. The van der Waals surface area contributed by atoms with E-state index in [1.165, 1.54) is 42.2 Å². The van der Waals surface area contributed by atoms with E-state index in [0.717, 1.165) is 70.5 Å². The van der Waals surface area contributed by atoms with Crippen molar-refractivity contribution in [2.45, 2.75) is 129 Å². The molecule has 6 aliphatic rings. The number of carboxylic acids is 1. The fraction of sp³-hybridized carbons (Fsp3) is 0.431. The first-order valence-corrected chi connectivity index (χ1v) is 31.0. The van der Waals surface area contributed by atoms with Crippen LogP contribution in [0.1, 0.15) is 121 Å². The van der Waals surface area contributed by atoms with E-state index < -0.39 is 36.0 Å². The van der Waals surface area contributed by atoms with E-state index >= 15 is 0 Å². The number of carbonyl (C=O) groups is 8. The van der Waals surface area contributed by atoms with Crippen LogP contribution in [0.4, 0.5) is 21.4 Å². The Morgan fingerprint density at radius 2 is 1.58 bits per heavy atom. The van der Waals surface area contributed by atoms with Crippen LogP contribution < -0.4 is 26.2 Å². The number of pyridine rings is 1. The van der Waals surface area contributed by atoms with Crippen molar-refractivity contribution in [2.24, 2.45) is 17.3 Å². The Balaban J connectivity index is 0.628. The van der Waals surface area contributed by atoms with Crippen LogP contribution in [0, 0.1) is 24.2 Å². The average Bonchev–Trinajstić information content (AvgIpc) is 0.786. The zero-order valence-corrected chi connectivity index (χ0v) is 50.7. The van der Waals surface area contributed by atoms with Gasteiger partial charge in [0, 0.05) is 86.4 Å². The zero-order valence-electron chi connectivity index (χ0n) is 49.8. The van der Waals surface area contributed by atoms with E-state index in [4.69, 9.17) is 19.6 Å². The summed E-state index contributed by atoms with van der Waals surface area (Å²) in [6, 6.07) is 22.2. The van der Waals surface area contributed by atoms with Gasteiger partial charge < -0.3 is 40.3 Å². The van der Waals surface area contributed by atoms with E-state index in [2.05, 4.69) is 26.3 Å². The highest BCUT2D eigenvalue weighted by Crippen LogP contribution is 2.63. The number of likely N-dealkylation sites (N-methyl/N-ethyl adjacent to an activating group) is 1. The Hall–Kier alpha value is -8.83. The maximum atomic E-state index is 13.7. The number of aromatic nitrogens is 4. The van der Waals surface area contributed by atoms with Gasteiger partial charge in [-0.2, -0.15) is 5.10 Å². The van der Waals surface area contributed by atoms with Crippen LogP contribution in [0.15, 0.2) is 97.2 Å². The number of para-hydroxylation sites is 1. The lowest BCUT2D eigenvalue weighted by atomic mass is 9.48. The van der Waals surface area contributed by atoms with Crippen LogP contribution >= 0.6 is 11.3 Å². The standard InChI is InChI=1S/C65H73N11O11S/c1-39(67-54(77)15-6-5-9-25-75-55(78)22-23-56(75)79)58(80)68-40(2)59(81)69-46-18-16-42(17-19-46)36-86-63(85)73(4)27-28-87-65-32-43-29-44(33-65)31-64(30-43,37-65)38-76-41(3)49(34-66-76)47-20-21-53(71-57(47)61(83)84)74-26-24-45-11-10-12-48(50(45)35-74)60(82)72-62-70-51-13-7-8-14-52(51)88-62/h7-8,10-14,16-23,34,39-40,43-44H,5-6,9,15,24-33,35-38H2,1-4H3,(H,67,77)(H,68,80)(H,69,81)(H,83,84)(H,70,72,82)/t39-,40-,43?,44?,64?,65?/m0/s1. The van der Waals surface area contributed by atoms with Crippen molar-refractivity contribution >= 4 is 85.7 Å². The summed E-state index contributed by atoms with van der Waals surface area (Å²) in [5.41, 5.74) is 6.07. The number of aromatic carboxylic acids is 1. The van der Waals surface area contributed by atoms with Crippen molar-refractivity contribution in [1.82, 2.24) is 40.2 Å². The molecule has 4 aliphatic carbocycles. The summed E-state index contributed by atoms with van der Waals surface area (Å²) in [4.78, 5) is 116. The molecule has 22 nitrogen and oxygen atoms in total. The molecule has 23 heteroatoms. The van der Waals surface area contributed by atoms with E-state index in [9.17, 15) is 43.5 Å². The monoisotopic (exact) mass is 1220 g/mol. The predicted octanol–water partition coefficient (Wildman–Crippen LogP) is 8.43. The molecule has 0 spiro atoms. The third kappa shape index (κ3) is 13.6. The molecule has 4 bridgehead atoms. The molecule has 2 unspecified atom stereocenters. The zero-order chi connectivity index (χ0) is 61.9. The van der Waals surface area contributed by atoms with Gasteiger partial charge in [0.2, 0.25) is 17.7 Å². The van der Waals surface area contributed by atoms with Gasteiger partial charge in [-0.15, -0.1) is 0 Å². The SMILES string of the molecule is Cc1c(-c2ccc(N3CCc4cccc(C(=O)Nc5nc6ccccc6s5)c4C3)nc2C(=O)O)cnn1CC12CC3CC(C1)CC(OCCN(C)C(=O)OCc1ccc(NC(=O)[C@H](C)NC(=O)[C@H](C)NC(=O)CCCCCN4C(=O)C=CC4=O)cc1)(C3)C2. The first-order chi connectivity index (χ1) is 42.3. The normalized spacial score (nSPS) is 20.6. The van der Waals surface area contributed by atoms with Crippen LogP contribution in [-0.4, -0.2) is 133 Å². The minimum atomic E-state index is -1.14. The minimum absolute atomic E-state index is 0.00157. The number of ether oxygens (including phenoxy) is 2. The van der Waals surface area contributed by atoms with Gasteiger partial charge in [-0.05, 0) is 155 Å². The molecule has 7 amide bonds. The molecular formula is C65H73N11O11S. The summed E-state index contributed by atoms with van der Waals surface area (Å²) in [7, 11) is 1.68. The second-order valence-electron chi connectivity index (χ2n) is 24.4. The van der Waals surface area contributed by atoms with E-state index in [1.54, 1.807) is 37.5 Å². The highest BCUT2D eigenvalue weighted by molar-refractivity contribution is 7.22. The highest BCUT2D eigenvalue weighted by atomic mass is 32.1. The fourth-order valence-corrected chi connectivity index (χ4v) is 14.7. The summed E-state index contributed by atoms with van der Waals surface area (Å²) in [6.45, 7) is 7.65. The van der Waals surface area contributed by atoms with Gasteiger partial charge in [-0.25, -0.2) is 19.6 Å². The molecule has 3 aromatic carbocycles. The fourth-order valence-electron chi connectivity index (χ4n) is 13.8. The van der Waals surface area contributed by atoms with Crippen molar-refractivity contribution in [3.63, 3.8) is 0 Å². The van der Waals surface area contributed by atoms with E-state index in [0.29, 0.717) is 109 Å². The molecule has 0 saturated heterocycles. The number of imide groups is 1. The maximum absolute atomic E-state index is 13.7. The summed E-state index contributed by atoms with van der Waals surface area (Å²) >= 11 is 1.42. The van der Waals surface area contributed by atoms with Crippen LogP contribution in [-0.2, 0) is 59.6 Å². The number of fused-ring (bicyclic) bond motifs is 2. The Kier molecular flexibility index (Phi) is 17.9. The number of rotatable bonds is 24. The highest BCUT2D eigenvalue weighted by Gasteiger charge is 2.58. The predicted molar refractivity (Wildman–Crippen MR) is 329 cm³/mol. The second-order valence-corrected chi connectivity index (χ2v) is 25.4. The van der Waals surface area contributed by atoms with Gasteiger partial charge in [0.15, 0.2) is 10.8 Å². The smallest absolute Gasteiger partial charge is 0.409 e. The number of hydrogen-bond acceptors (Lipinski definition) is 15. The third-order valence-electron chi connectivity index (χ3n) is 17.9. The van der Waals surface area contributed by atoms with Gasteiger partial charge in [0.25, 0.3) is 17.7 Å². The Morgan fingerprint density at radius 1 is 0.830 bits per heavy atom. The van der Waals surface area contributed by atoms with Crippen molar-refractivity contribution in [2.75, 3.05) is 48.8 Å². The number of benzene rings is 3. The lowest BCUT2D eigenvalue weighted by molar-refractivity contribution is -0.197. The van der Waals surface area contributed by atoms with Crippen molar-refractivity contribution in [3.05, 3.63) is 131 Å². The van der Waals surface area contributed by atoms with Crippen molar-refractivity contribution in [1.29, 1.82) is 0 Å². The molecular weight excluding hydrogens is 1140 g/mol. The molecule has 4 fully saturated rings. The summed E-state index contributed by atoms with van der Waals surface area (Å²) in [5.74, 6) is -1.88. The lowest BCUT2D eigenvalue weighted by Crippen LogP contribution is -2.58. The summed E-state index contributed by atoms with van der Waals surface area (Å²) in [6.07, 6.45) is 12.3. The topological polar surface area (TPSA) is 277 Å². The first-order valence-electron chi connectivity index (χ1n) is 30.2. The van der Waals surface area contributed by atoms with Gasteiger partial charge >= 0.3 is 12.1 Å². The molecule has 4 atom stereocenters. The molecule has 5 heterocycles.